The van der Waals surface area contributed by atoms with Gasteiger partial charge in [-0.2, -0.15) is 11.8 Å². The van der Waals surface area contributed by atoms with E-state index in [9.17, 15) is 0 Å². The number of halogens is 1. The number of thiophene rings is 1. The van der Waals surface area contributed by atoms with Gasteiger partial charge in [0.1, 0.15) is 0 Å². The van der Waals surface area contributed by atoms with Crippen molar-refractivity contribution in [1.82, 2.24) is 10.6 Å². The molecule has 1 atom stereocenters. The van der Waals surface area contributed by atoms with Gasteiger partial charge in [0, 0.05) is 30.9 Å². The lowest BCUT2D eigenvalue weighted by molar-refractivity contribution is 0.705. The molecule has 6 heteroatoms. The van der Waals surface area contributed by atoms with Gasteiger partial charge >= 0.3 is 0 Å². The fraction of sp³-hybridized carbons (Fsp3) is 0.615. The minimum Gasteiger partial charge on any atom is -0.356 e. The predicted octanol–water partition coefficient (Wildman–Crippen LogP) is 3.39. The maximum atomic E-state index is 4.23. The molecule has 1 aromatic heterocycles. The molecule has 0 aromatic carbocycles. The summed E-state index contributed by atoms with van der Waals surface area (Å²) in [5, 5.41) is 8.83. The van der Waals surface area contributed by atoms with Crippen molar-refractivity contribution in [2.75, 3.05) is 32.1 Å². The van der Waals surface area contributed by atoms with Crippen LogP contribution in [0.5, 0.6) is 0 Å². The summed E-state index contributed by atoms with van der Waals surface area (Å²) in [6.45, 7) is 4.14. The zero-order valence-corrected chi connectivity index (χ0v) is 15.8. The first-order valence-electron chi connectivity index (χ1n) is 6.24. The summed E-state index contributed by atoms with van der Waals surface area (Å²) >= 11 is 3.69. The van der Waals surface area contributed by atoms with Gasteiger partial charge in [0.05, 0.1) is 0 Å². The summed E-state index contributed by atoms with van der Waals surface area (Å²) in [5.41, 5.74) is 0. The highest BCUT2D eigenvalue weighted by Gasteiger charge is 2.06. The van der Waals surface area contributed by atoms with Crippen LogP contribution in [-0.4, -0.2) is 38.1 Å². The lowest BCUT2D eigenvalue weighted by atomic mass is 10.1. The Morgan fingerprint density at radius 1 is 1.47 bits per heavy atom. The van der Waals surface area contributed by atoms with Crippen LogP contribution in [-0.2, 0) is 0 Å². The number of guanidine groups is 1. The van der Waals surface area contributed by atoms with Crippen LogP contribution in [0.4, 0.5) is 0 Å². The molecule has 0 radical (unpaired) electrons. The van der Waals surface area contributed by atoms with Crippen LogP contribution in [0.3, 0.4) is 0 Å². The summed E-state index contributed by atoms with van der Waals surface area (Å²) in [7, 11) is 1.82. The molecule has 0 amide bonds. The van der Waals surface area contributed by atoms with E-state index in [-0.39, 0.29) is 24.0 Å². The van der Waals surface area contributed by atoms with Crippen LogP contribution in [0.25, 0.3) is 0 Å². The predicted molar refractivity (Wildman–Crippen MR) is 101 cm³/mol. The minimum absolute atomic E-state index is 0. The summed E-state index contributed by atoms with van der Waals surface area (Å²) < 4.78 is 0. The summed E-state index contributed by atoms with van der Waals surface area (Å²) in [6.07, 6.45) is 3.30. The number of rotatable bonds is 7. The van der Waals surface area contributed by atoms with Crippen LogP contribution in [0.1, 0.15) is 24.1 Å². The van der Waals surface area contributed by atoms with E-state index >= 15 is 0 Å². The van der Waals surface area contributed by atoms with Gasteiger partial charge in [0.25, 0.3) is 0 Å². The van der Waals surface area contributed by atoms with Gasteiger partial charge in [-0.3, -0.25) is 4.99 Å². The third-order valence-corrected chi connectivity index (χ3v) is 4.45. The Hall–Kier alpha value is 0.0500. The molecule has 19 heavy (non-hydrogen) atoms. The van der Waals surface area contributed by atoms with Crippen molar-refractivity contribution in [3.63, 3.8) is 0 Å². The minimum atomic E-state index is 0. The molecule has 0 aliphatic carbocycles. The average Bonchev–Trinajstić information content (AvgIpc) is 2.91. The van der Waals surface area contributed by atoms with Gasteiger partial charge in [-0.05, 0) is 29.9 Å². The fourth-order valence-electron chi connectivity index (χ4n) is 1.57. The second kappa shape index (κ2) is 11.8. The number of hydrogen-bond donors (Lipinski definition) is 2. The SMILES string of the molecule is CN=C(NCCCSC)NCC(C)c1cccs1.I. The van der Waals surface area contributed by atoms with Crippen LogP contribution >= 0.6 is 47.1 Å². The van der Waals surface area contributed by atoms with E-state index in [0.717, 1.165) is 19.0 Å². The lowest BCUT2D eigenvalue weighted by Gasteiger charge is -2.15. The molecule has 0 bridgehead atoms. The van der Waals surface area contributed by atoms with E-state index < -0.39 is 0 Å². The summed E-state index contributed by atoms with van der Waals surface area (Å²) in [6, 6.07) is 4.29. The topological polar surface area (TPSA) is 36.4 Å². The lowest BCUT2D eigenvalue weighted by Crippen LogP contribution is -2.39. The van der Waals surface area contributed by atoms with E-state index in [1.807, 2.05) is 30.1 Å². The quantitative estimate of drug-likeness (QED) is 0.312. The Balaban J connectivity index is 0.00000324. The normalized spacial score (nSPS) is 12.7. The van der Waals surface area contributed by atoms with Gasteiger partial charge in [-0.15, -0.1) is 35.3 Å². The molecule has 3 nitrogen and oxygen atoms in total. The maximum Gasteiger partial charge on any atom is 0.190 e. The van der Waals surface area contributed by atoms with Gasteiger partial charge in [-0.25, -0.2) is 0 Å². The summed E-state index contributed by atoms with van der Waals surface area (Å²) in [4.78, 5) is 5.65. The number of thioether (sulfide) groups is 1. The highest BCUT2D eigenvalue weighted by atomic mass is 127. The Morgan fingerprint density at radius 2 is 2.26 bits per heavy atom. The molecule has 1 heterocycles. The molecule has 110 valence electrons. The molecule has 0 aliphatic heterocycles. The third kappa shape index (κ3) is 8.04. The van der Waals surface area contributed by atoms with Gasteiger partial charge < -0.3 is 10.6 Å². The number of hydrogen-bond acceptors (Lipinski definition) is 3. The molecule has 1 rings (SSSR count). The summed E-state index contributed by atoms with van der Waals surface area (Å²) in [5.74, 6) is 2.62. The first-order valence-corrected chi connectivity index (χ1v) is 8.52. The first kappa shape index (κ1) is 19.1. The van der Waals surface area contributed by atoms with E-state index in [0.29, 0.717) is 5.92 Å². The Bertz CT molecular complexity index is 342. The van der Waals surface area contributed by atoms with Gasteiger partial charge in [0.15, 0.2) is 5.96 Å². The molecule has 1 unspecified atom stereocenters. The third-order valence-electron chi connectivity index (χ3n) is 2.65. The Morgan fingerprint density at radius 3 is 2.84 bits per heavy atom. The number of nitrogens with zero attached hydrogens (tertiary/aromatic N) is 1. The molecular weight excluding hydrogens is 389 g/mol. The second-order valence-corrected chi connectivity index (χ2v) is 6.11. The number of nitrogens with one attached hydrogen (secondary N) is 2. The Labute approximate surface area is 142 Å². The maximum absolute atomic E-state index is 4.23. The zero-order chi connectivity index (χ0) is 13.2. The van der Waals surface area contributed by atoms with E-state index in [4.69, 9.17) is 0 Å². The highest BCUT2D eigenvalue weighted by Crippen LogP contribution is 2.19. The number of aliphatic imine (C=N–C) groups is 1. The molecule has 0 saturated heterocycles. The molecule has 1 aromatic rings. The zero-order valence-electron chi connectivity index (χ0n) is 11.8. The van der Waals surface area contributed by atoms with Crippen molar-refractivity contribution >= 4 is 53.0 Å². The first-order chi connectivity index (χ1) is 8.77. The van der Waals surface area contributed by atoms with E-state index in [1.54, 1.807) is 0 Å². The smallest absolute Gasteiger partial charge is 0.190 e. The standard InChI is InChI=1S/C13H23N3S2.HI/c1-11(12-6-4-9-18-12)10-16-13(14-2)15-7-5-8-17-3;/h4,6,9,11H,5,7-8,10H2,1-3H3,(H2,14,15,16);1H. The van der Waals surface area contributed by atoms with Crippen molar-refractivity contribution < 1.29 is 0 Å². The highest BCUT2D eigenvalue weighted by molar-refractivity contribution is 14.0. The average molecular weight is 413 g/mol. The molecule has 0 saturated carbocycles. The largest absolute Gasteiger partial charge is 0.356 e. The van der Waals surface area contributed by atoms with Crippen molar-refractivity contribution in [2.45, 2.75) is 19.3 Å². The van der Waals surface area contributed by atoms with Crippen molar-refractivity contribution in [1.29, 1.82) is 0 Å². The monoisotopic (exact) mass is 413 g/mol. The van der Waals surface area contributed by atoms with Crippen molar-refractivity contribution in [2.24, 2.45) is 4.99 Å². The second-order valence-electron chi connectivity index (χ2n) is 4.14. The van der Waals surface area contributed by atoms with Gasteiger partial charge in [0.2, 0.25) is 0 Å². The molecule has 0 aliphatic rings. The van der Waals surface area contributed by atoms with Crippen molar-refractivity contribution in [3.05, 3.63) is 22.4 Å². The van der Waals surface area contributed by atoms with Crippen LogP contribution in [0.2, 0.25) is 0 Å². The van der Waals surface area contributed by atoms with Crippen LogP contribution in [0, 0.1) is 0 Å². The van der Waals surface area contributed by atoms with Crippen LogP contribution < -0.4 is 10.6 Å². The molecular formula is C13H24IN3S2. The van der Waals surface area contributed by atoms with Crippen LogP contribution in [0.15, 0.2) is 22.5 Å². The fourth-order valence-corrected chi connectivity index (χ4v) is 2.79. The van der Waals surface area contributed by atoms with Gasteiger partial charge in [-0.1, -0.05) is 13.0 Å². The molecule has 0 spiro atoms. The van der Waals surface area contributed by atoms with E-state index in [2.05, 4.69) is 46.3 Å². The van der Waals surface area contributed by atoms with E-state index in [1.165, 1.54) is 17.1 Å². The molecule has 2 N–H and O–H groups in total. The Kier molecular flexibility index (Phi) is 11.9. The van der Waals surface area contributed by atoms with Crippen molar-refractivity contribution in [3.8, 4) is 0 Å². The molecule has 0 fully saturated rings.